The van der Waals surface area contributed by atoms with Crippen molar-refractivity contribution in [3.63, 3.8) is 0 Å². The first kappa shape index (κ1) is 13.3. The van der Waals surface area contributed by atoms with Gasteiger partial charge in [0.25, 0.3) is 0 Å². The molecule has 2 saturated heterocycles. The lowest BCUT2D eigenvalue weighted by molar-refractivity contribution is -0.124. The Morgan fingerprint density at radius 2 is 2.05 bits per heavy atom. The molecule has 2 aliphatic heterocycles. The number of nitrogens with zero attached hydrogens (tertiary/aromatic N) is 1. The monoisotopic (exact) mass is 273 g/mol. The lowest BCUT2D eigenvalue weighted by atomic mass is 9.98. The van der Waals surface area contributed by atoms with E-state index in [4.69, 9.17) is 4.74 Å². The molecule has 0 saturated carbocycles. The summed E-state index contributed by atoms with van der Waals surface area (Å²) >= 11 is 0. The summed E-state index contributed by atoms with van der Waals surface area (Å²) in [6.07, 6.45) is 2.05. The zero-order chi connectivity index (χ0) is 14.3. The predicted molar refractivity (Wildman–Crippen MR) is 75.5 cm³/mol. The summed E-state index contributed by atoms with van der Waals surface area (Å²) in [5, 5.41) is 0. The van der Waals surface area contributed by atoms with Crippen LogP contribution in [0.1, 0.15) is 30.4 Å². The molecule has 0 N–H and O–H groups in total. The molecule has 1 aromatic carbocycles. The summed E-state index contributed by atoms with van der Waals surface area (Å²) < 4.78 is 5.59. The first-order valence-corrected chi connectivity index (χ1v) is 7.13. The van der Waals surface area contributed by atoms with Crippen molar-refractivity contribution in [1.29, 1.82) is 0 Å². The number of carbonyl (C=O) groups is 2. The van der Waals surface area contributed by atoms with Crippen LogP contribution in [0.25, 0.3) is 0 Å². The largest absolute Gasteiger partial charge is 0.377 e. The molecule has 106 valence electrons. The number of aryl methyl sites for hydroxylation is 2. The van der Waals surface area contributed by atoms with Gasteiger partial charge >= 0.3 is 0 Å². The minimum Gasteiger partial charge on any atom is -0.377 e. The Kier molecular flexibility index (Phi) is 3.34. The van der Waals surface area contributed by atoms with Gasteiger partial charge in [0.05, 0.1) is 17.7 Å². The normalized spacial score (nSPS) is 26.6. The molecule has 20 heavy (non-hydrogen) atoms. The lowest BCUT2D eigenvalue weighted by Gasteiger charge is -2.19. The Labute approximate surface area is 118 Å². The number of amides is 2. The smallest absolute Gasteiger partial charge is 0.240 e. The fourth-order valence-corrected chi connectivity index (χ4v) is 3.08. The van der Waals surface area contributed by atoms with Crippen molar-refractivity contribution in [1.82, 2.24) is 0 Å². The highest BCUT2D eigenvalue weighted by molar-refractivity contribution is 6.21. The fraction of sp³-hybridized carbons (Fsp3) is 0.500. The molecule has 2 heterocycles. The van der Waals surface area contributed by atoms with E-state index < -0.39 is 0 Å². The Hall–Kier alpha value is -1.68. The maximum atomic E-state index is 12.6. The van der Waals surface area contributed by atoms with Gasteiger partial charge in [0.2, 0.25) is 11.8 Å². The van der Waals surface area contributed by atoms with Crippen LogP contribution in [0.4, 0.5) is 5.69 Å². The number of anilines is 1. The average Bonchev–Trinajstić information content (AvgIpc) is 3.02. The number of rotatable bonds is 2. The standard InChI is InChI=1S/C16H19NO3/c1-10-5-6-11(2)13(8-10)17-15(18)9-12(16(17)19)14-4-3-7-20-14/h5-6,8,12,14H,3-4,7,9H2,1-2H3/t12-,14+/m0/s1. The Balaban J connectivity index is 1.92. The molecule has 3 rings (SSSR count). The number of carbonyl (C=O) groups excluding carboxylic acids is 2. The van der Waals surface area contributed by atoms with E-state index in [1.807, 2.05) is 32.0 Å². The first-order valence-electron chi connectivity index (χ1n) is 7.13. The van der Waals surface area contributed by atoms with E-state index >= 15 is 0 Å². The van der Waals surface area contributed by atoms with Gasteiger partial charge in [0.1, 0.15) is 0 Å². The van der Waals surface area contributed by atoms with Crippen LogP contribution in [0, 0.1) is 19.8 Å². The maximum Gasteiger partial charge on any atom is 0.240 e. The van der Waals surface area contributed by atoms with Gasteiger partial charge < -0.3 is 4.74 Å². The SMILES string of the molecule is Cc1ccc(C)c(N2C(=O)C[C@@H]([C@H]3CCCO3)C2=O)c1. The highest BCUT2D eigenvalue weighted by Gasteiger charge is 2.45. The summed E-state index contributed by atoms with van der Waals surface area (Å²) in [5.41, 5.74) is 2.72. The Bertz CT molecular complexity index is 561. The molecule has 2 aliphatic rings. The van der Waals surface area contributed by atoms with E-state index in [0.717, 1.165) is 29.7 Å². The predicted octanol–water partition coefficient (Wildman–Crippen LogP) is 2.36. The van der Waals surface area contributed by atoms with E-state index in [0.29, 0.717) is 6.61 Å². The topological polar surface area (TPSA) is 46.6 Å². The summed E-state index contributed by atoms with van der Waals surface area (Å²) in [4.78, 5) is 26.2. The molecule has 1 aromatic rings. The van der Waals surface area contributed by atoms with Gasteiger partial charge in [-0.25, -0.2) is 4.90 Å². The Morgan fingerprint density at radius 1 is 1.25 bits per heavy atom. The molecular formula is C16H19NO3. The molecular weight excluding hydrogens is 254 g/mol. The van der Waals surface area contributed by atoms with E-state index in [9.17, 15) is 9.59 Å². The van der Waals surface area contributed by atoms with Gasteiger partial charge in [0.15, 0.2) is 0 Å². The van der Waals surface area contributed by atoms with E-state index in [1.54, 1.807) is 0 Å². The second kappa shape index (κ2) is 5.02. The molecule has 4 nitrogen and oxygen atoms in total. The van der Waals surface area contributed by atoms with Crippen molar-refractivity contribution < 1.29 is 14.3 Å². The molecule has 0 radical (unpaired) electrons. The van der Waals surface area contributed by atoms with Gasteiger partial charge in [-0.15, -0.1) is 0 Å². The zero-order valence-corrected chi connectivity index (χ0v) is 11.9. The Morgan fingerprint density at radius 3 is 2.75 bits per heavy atom. The zero-order valence-electron chi connectivity index (χ0n) is 11.9. The molecule has 0 aromatic heterocycles. The third kappa shape index (κ3) is 2.14. The van der Waals surface area contributed by atoms with Gasteiger partial charge in [-0.1, -0.05) is 12.1 Å². The van der Waals surface area contributed by atoms with Crippen molar-refractivity contribution in [3.8, 4) is 0 Å². The molecule has 0 aliphatic carbocycles. The number of imide groups is 1. The van der Waals surface area contributed by atoms with Crippen molar-refractivity contribution in [3.05, 3.63) is 29.3 Å². The third-order valence-corrected chi connectivity index (χ3v) is 4.20. The van der Waals surface area contributed by atoms with E-state index in [2.05, 4.69) is 0 Å². The van der Waals surface area contributed by atoms with Gasteiger partial charge in [-0.3, -0.25) is 9.59 Å². The number of hydrogen-bond acceptors (Lipinski definition) is 3. The van der Waals surface area contributed by atoms with Gasteiger partial charge in [-0.05, 0) is 43.9 Å². The van der Waals surface area contributed by atoms with Crippen LogP contribution < -0.4 is 4.90 Å². The first-order chi connectivity index (χ1) is 9.58. The molecule has 0 spiro atoms. The van der Waals surface area contributed by atoms with Crippen molar-refractivity contribution in [2.24, 2.45) is 5.92 Å². The number of hydrogen-bond donors (Lipinski definition) is 0. The van der Waals surface area contributed by atoms with Crippen molar-refractivity contribution in [2.45, 2.75) is 39.2 Å². The molecule has 2 fully saturated rings. The second-order valence-electron chi connectivity index (χ2n) is 5.72. The summed E-state index contributed by atoms with van der Waals surface area (Å²) in [6, 6.07) is 5.84. The van der Waals surface area contributed by atoms with Crippen LogP contribution in [-0.4, -0.2) is 24.5 Å². The molecule has 0 bridgehead atoms. The van der Waals surface area contributed by atoms with Gasteiger partial charge in [0, 0.05) is 13.0 Å². The van der Waals surface area contributed by atoms with Gasteiger partial charge in [-0.2, -0.15) is 0 Å². The van der Waals surface area contributed by atoms with E-state index in [1.165, 1.54) is 4.90 Å². The van der Waals surface area contributed by atoms with Crippen LogP contribution in [0.15, 0.2) is 18.2 Å². The molecule has 2 amide bonds. The molecule has 0 unspecified atom stereocenters. The molecule has 4 heteroatoms. The quantitative estimate of drug-likeness (QED) is 0.777. The maximum absolute atomic E-state index is 12.6. The fourth-order valence-electron chi connectivity index (χ4n) is 3.08. The number of benzene rings is 1. The highest BCUT2D eigenvalue weighted by atomic mass is 16.5. The summed E-state index contributed by atoms with van der Waals surface area (Å²) in [6.45, 7) is 4.59. The van der Waals surface area contributed by atoms with Crippen LogP contribution in [0.2, 0.25) is 0 Å². The summed E-state index contributed by atoms with van der Waals surface area (Å²) in [7, 11) is 0. The van der Waals surface area contributed by atoms with Crippen molar-refractivity contribution >= 4 is 17.5 Å². The minimum absolute atomic E-state index is 0.0819. The third-order valence-electron chi connectivity index (χ3n) is 4.20. The lowest BCUT2D eigenvalue weighted by Crippen LogP contribution is -2.34. The highest BCUT2D eigenvalue weighted by Crippen LogP contribution is 2.34. The van der Waals surface area contributed by atoms with Crippen molar-refractivity contribution in [2.75, 3.05) is 11.5 Å². The van der Waals surface area contributed by atoms with Crippen LogP contribution >= 0.6 is 0 Å². The average molecular weight is 273 g/mol. The minimum atomic E-state index is -0.301. The van der Waals surface area contributed by atoms with Crippen LogP contribution in [-0.2, 0) is 14.3 Å². The van der Waals surface area contributed by atoms with E-state index in [-0.39, 0.29) is 30.3 Å². The number of ether oxygens (including phenoxy) is 1. The molecule has 2 atom stereocenters. The van der Waals surface area contributed by atoms with Crippen LogP contribution in [0.5, 0.6) is 0 Å². The second-order valence-corrected chi connectivity index (χ2v) is 5.72. The van der Waals surface area contributed by atoms with Crippen LogP contribution in [0.3, 0.4) is 0 Å². The summed E-state index contributed by atoms with van der Waals surface area (Å²) in [5.74, 6) is -0.510.